The van der Waals surface area contributed by atoms with Crippen molar-refractivity contribution in [1.82, 2.24) is 9.62 Å². The number of sulfonamides is 1. The molecule has 1 aromatic rings. The molecule has 144 valence electrons. The second kappa shape index (κ2) is 8.56. The fraction of sp³-hybridized carbons (Fsp3) is 0.562. The van der Waals surface area contributed by atoms with Gasteiger partial charge in [-0.05, 0) is 18.4 Å². The molecule has 0 bridgehead atoms. The van der Waals surface area contributed by atoms with Crippen LogP contribution in [-0.2, 0) is 19.6 Å². The summed E-state index contributed by atoms with van der Waals surface area (Å²) in [6, 6.07) is 3.82. The van der Waals surface area contributed by atoms with E-state index < -0.39 is 21.0 Å². The lowest BCUT2D eigenvalue weighted by molar-refractivity contribution is -0.385. The molecular weight excluding hydrogens is 362 g/mol. The SMILES string of the molecule is CC(C)CC(NS(=O)(=O)c1cccc([N+](=O)[O-])c1)C(=O)N1CCOCC1. The highest BCUT2D eigenvalue weighted by molar-refractivity contribution is 7.89. The molecule has 0 aliphatic carbocycles. The summed E-state index contributed by atoms with van der Waals surface area (Å²) in [4.78, 5) is 24.3. The molecule has 1 N–H and O–H groups in total. The van der Waals surface area contributed by atoms with Crippen LogP contribution in [-0.4, -0.2) is 56.5 Å². The first kappa shape index (κ1) is 20.3. The van der Waals surface area contributed by atoms with Crippen molar-refractivity contribution in [3.05, 3.63) is 34.4 Å². The molecule has 1 heterocycles. The fourth-order valence-electron chi connectivity index (χ4n) is 2.69. The smallest absolute Gasteiger partial charge is 0.270 e. The van der Waals surface area contributed by atoms with Gasteiger partial charge in [0, 0.05) is 25.2 Å². The average Bonchev–Trinajstić information content (AvgIpc) is 2.60. The Labute approximate surface area is 152 Å². The maximum atomic E-state index is 12.8. The van der Waals surface area contributed by atoms with Crippen molar-refractivity contribution in [1.29, 1.82) is 0 Å². The minimum Gasteiger partial charge on any atom is -0.378 e. The van der Waals surface area contributed by atoms with Gasteiger partial charge in [-0.2, -0.15) is 4.72 Å². The molecule has 1 unspecified atom stereocenters. The summed E-state index contributed by atoms with van der Waals surface area (Å²) in [5.74, 6) is -0.228. The maximum absolute atomic E-state index is 12.8. The summed E-state index contributed by atoms with van der Waals surface area (Å²) in [6.45, 7) is 5.43. The van der Waals surface area contributed by atoms with Crippen molar-refractivity contribution in [2.45, 2.75) is 31.2 Å². The Kier molecular flexibility index (Phi) is 6.68. The number of morpholine rings is 1. The van der Waals surface area contributed by atoms with Crippen molar-refractivity contribution in [2.24, 2.45) is 5.92 Å². The molecule has 1 aromatic carbocycles. The number of benzene rings is 1. The van der Waals surface area contributed by atoms with Gasteiger partial charge in [0.25, 0.3) is 5.69 Å². The van der Waals surface area contributed by atoms with Crippen molar-refractivity contribution >= 4 is 21.6 Å². The first-order valence-electron chi connectivity index (χ1n) is 8.34. The van der Waals surface area contributed by atoms with Gasteiger partial charge in [-0.25, -0.2) is 8.42 Å². The van der Waals surface area contributed by atoms with Crippen LogP contribution >= 0.6 is 0 Å². The quantitative estimate of drug-likeness (QED) is 0.555. The molecule has 2 rings (SSSR count). The molecule has 0 spiro atoms. The average molecular weight is 385 g/mol. The fourth-order valence-corrected chi connectivity index (χ4v) is 3.94. The number of hydrogen-bond donors (Lipinski definition) is 1. The summed E-state index contributed by atoms with van der Waals surface area (Å²) in [7, 11) is -4.08. The van der Waals surface area contributed by atoms with Crippen molar-refractivity contribution in [3.63, 3.8) is 0 Å². The van der Waals surface area contributed by atoms with Gasteiger partial charge in [0.05, 0.1) is 23.0 Å². The van der Waals surface area contributed by atoms with E-state index in [1.54, 1.807) is 4.90 Å². The number of ether oxygens (including phenoxy) is 1. The van der Waals surface area contributed by atoms with Crippen LogP contribution in [0.5, 0.6) is 0 Å². The number of nitrogens with zero attached hydrogens (tertiary/aromatic N) is 2. The molecule has 10 heteroatoms. The minimum absolute atomic E-state index is 0.0813. The normalized spacial score (nSPS) is 16.5. The number of carbonyl (C=O) groups excluding carboxylic acids is 1. The van der Waals surface area contributed by atoms with E-state index in [1.807, 2.05) is 13.8 Å². The Bertz CT molecular complexity index is 759. The van der Waals surface area contributed by atoms with Gasteiger partial charge in [-0.3, -0.25) is 14.9 Å². The highest BCUT2D eigenvalue weighted by Gasteiger charge is 2.31. The van der Waals surface area contributed by atoms with Gasteiger partial charge in [0.1, 0.15) is 6.04 Å². The van der Waals surface area contributed by atoms with E-state index in [4.69, 9.17) is 4.74 Å². The Morgan fingerprint density at radius 2 is 2.00 bits per heavy atom. The molecule has 9 nitrogen and oxygen atoms in total. The van der Waals surface area contributed by atoms with E-state index in [9.17, 15) is 23.3 Å². The second-order valence-electron chi connectivity index (χ2n) is 6.50. The Morgan fingerprint density at radius 3 is 2.58 bits per heavy atom. The van der Waals surface area contributed by atoms with Gasteiger partial charge >= 0.3 is 0 Å². The molecule has 26 heavy (non-hydrogen) atoms. The van der Waals surface area contributed by atoms with Crippen LogP contribution in [0.15, 0.2) is 29.2 Å². The number of carbonyl (C=O) groups is 1. The summed E-state index contributed by atoms with van der Waals surface area (Å²) < 4.78 is 33.0. The van der Waals surface area contributed by atoms with Crippen LogP contribution in [0.2, 0.25) is 0 Å². The Hall–Kier alpha value is -2.04. The van der Waals surface area contributed by atoms with Crippen LogP contribution in [0.4, 0.5) is 5.69 Å². The standard InChI is InChI=1S/C16H23N3O6S/c1-12(2)10-15(16(20)18-6-8-25-9-7-18)17-26(23,24)14-5-3-4-13(11-14)19(21)22/h3-5,11-12,15,17H,6-10H2,1-2H3. The van der Waals surface area contributed by atoms with E-state index in [-0.39, 0.29) is 22.4 Å². The van der Waals surface area contributed by atoms with E-state index in [1.165, 1.54) is 18.2 Å². The number of hydrogen-bond acceptors (Lipinski definition) is 6. The van der Waals surface area contributed by atoms with Crippen molar-refractivity contribution in [3.8, 4) is 0 Å². The third kappa shape index (κ3) is 5.23. The van der Waals surface area contributed by atoms with Gasteiger partial charge in [0.15, 0.2) is 0 Å². The van der Waals surface area contributed by atoms with Crippen LogP contribution in [0.3, 0.4) is 0 Å². The first-order valence-corrected chi connectivity index (χ1v) is 9.82. The number of nitrogens with one attached hydrogen (secondary N) is 1. The van der Waals surface area contributed by atoms with Crippen LogP contribution < -0.4 is 4.72 Å². The monoisotopic (exact) mass is 385 g/mol. The van der Waals surface area contributed by atoms with E-state index in [0.717, 1.165) is 6.07 Å². The highest BCUT2D eigenvalue weighted by atomic mass is 32.2. The lowest BCUT2D eigenvalue weighted by Gasteiger charge is -2.31. The van der Waals surface area contributed by atoms with Gasteiger partial charge in [0.2, 0.25) is 15.9 Å². The second-order valence-corrected chi connectivity index (χ2v) is 8.21. The van der Waals surface area contributed by atoms with Crippen LogP contribution in [0.1, 0.15) is 20.3 Å². The molecular formula is C16H23N3O6S. The number of non-ortho nitro benzene ring substituents is 1. The molecule has 1 aliphatic heterocycles. The zero-order valence-electron chi connectivity index (χ0n) is 14.8. The zero-order valence-corrected chi connectivity index (χ0v) is 15.6. The third-order valence-corrected chi connectivity index (χ3v) is 5.43. The summed E-state index contributed by atoms with van der Waals surface area (Å²) in [6.07, 6.45) is 0.324. The van der Waals surface area contributed by atoms with E-state index >= 15 is 0 Å². The molecule has 1 fully saturated rings. The number of nitro benzene ring substituents is 1. The predicted molar refractivity (Wildman–Crippen MR) is 94.1 cm³/mol. The minimum atomic E-state index is -4.08. The summed E-state index contributed by atoms with van der Waals surface area (Å²) >= 11 is 0. The molecule has 1 atom stereocenters. The zero-order chi connectivity index (χ0) is 19.3. The summed E-state index contributed by atoms with van der Waals surface area (Å²) in [5, 5.41) is 10.9. The van der Waals surface area contributed by atoms with Crippen molar-refractivity contribution < 1.29 is 22.9 Å². The number of nitro groups is 1. The molecule has 0 aromatic heterocycles. The van der Waals surface area contributed by atoms with Crippen LogP contribution in [0, 0.1) is 16.0 Å². The first-order chi connectivity index (χ1) is 12.2. The molecule has 1 saturated heterocycles. The molecule has 1 amide bonds. The molecule has 0 radical (unpaired) electrons. The van der Waals surface area contributed by atoms with Crippen molar-refractivity contribution in [2.75, 3.05) is 26.3 Å². The molecule has 0 saturated carbocycles. The van der Waals surface area contributed by atoms with E-state index in [0.29, 0.717) is 32.7 Å². The third-order valence-electron chi connectivity index (χ3n) is 3.96. The number of rotatable bonds is 7. The van der Waals surface area contributed by atoms with Gasteiger partial charge < -0.3 is 9.64 Å². The van der Waals surface area contributed by atoms with E-state index in [2.05, 4.69) is 4.72 Å². The maximum Gasteiger partial charge on any atom is 0.270 e. The summed E-state index contributed by atoms with van der Waals surface area (Å²) in [5.41, 5.74) is -0.326. The number of amides is 1. The lowest BCUT2D eigenvalue weighted by atomic mass is 10.0. The Morgan fingerprint density at radius 1 is 1.35 bits per heavy atom. The highest BCUT2D eigenvalue weighted by Crippen LogP contribution is 2.19. The Balaban J connectivity index is 2.24. The predicted octanol–water partition coefficient (Wildman–Crippen LogP) is 1.15. The van der Waals surface area contributed by atoms with Crippen LogP contribution in [0.25, 0.3) is 0 Å². The topological polar surface area (TPSA) is 119 Å². The largest absolute Gasteiger partial charge is 0.378 e. The van der Waals surface area contributed by atoms with Gasteiger partial charge in [-0.15, -0.1) is 0 Å². The van der Waals surface area contributed by atoms with Gasteiger partial charge in [-0.1, -0.05) is 19.9 Å². The lowest BCUT2D eigenvalue weighted by Crippen LogP contribution is -2.52. The molecule has 1 aliphatic rings.